The number of esters is 1. The molecule has 0 unspecified atom stereocenters. The molecule has 0 fully saturated rings. The van der Waals surface area contributed by atoms with Crippen LogP contribution < -0.4 is 15.4 Å². The molecule has 2 amide bonds. The molecule has 0 aliphatic rings. The quantitative estimate of drug-likeness (QED) is 0.640. The van der Waals surface area contributed by atoms with Gasteiger partial charge >= 0.3 is 5.97 Å². The molecule has 2 aromatic carbocycles. The number of halogens is 1. The lowest BCUT2D eigenvalue weighted by Gasteiger charge is -2.24. The van der Waals surface area contributed by atoms with Gasteiger partial charge < -0.3 is 20.1 Å². The van der Waals surface area contributed by atoms with Crippen molar-refractivity contribution in [3.8, 4) is 5.75 Å². The van der Waals surface area contributed by atoms with E-state index in [2.05, 4.69) is 10.6 Å². The van der Waals surface area contributed by atoms with Crippen LogP contribution in [0.2, 0.25) is 5.02 Å². The first-order valence-electron chi connectivity index (χ1n) is 9.01. The largest absolute Gasteiger partial charge is 0.476 e. The topological polar surface area (TPSA) is 93.7 Å². The van der Waals surface area contributed by atoms with Crippen LogP contribution in [0, 0.1) is 0 Å². The normalized spacial score (nSPS) is 10.8. The summed E-state index contributed by atoms with van der Waals surface area (Å²) in [5.74, 6) is -1.02. The number of rotatable bonds is 8. The molecule has 0 radical (unpaired) electrons. The molecular weight excluding hydrogens is 396 g/mol. The van der Waals surface area contributed by atoms with Gasteiger partial charge in [-0.25, -0.2) is 4.79 Å². The molecule has 0 saturated heterocycles. The van der Waals surface area contributed by atoms with E-state index in [0.29, 0.717) is 28.6 Å². The van der Waals surface area contributed by atoms with E-state index in [1.807, 2.05) is 6.92 Å². The first-order valence-corrected chi connectivity index (χ1v) is 9.39. The van der Waals surface area contributed by atoms with Gasteiger partial charge in [0.25, 0.3) is 11.8 Å². The Bertz CT molecular complexity index is 881. The van der Waals surface area contributed by atoms with E-state index < -0.39 is 24.1 Å². The molecule has 0 saturated carbocycles. The average molecular weight is 419 g/mol. The number of hydrogen-bond acceptors (Lipinski definition) is 5. The van der Waals surface area contributed by atoms with E-state index in [1.165, 1.54) is 19.9 Å². The smallest absolute Gasteiger partial charge is 0.350 e. The van der Waals surface area contributed by atoms with Crippen molar-refractivity contribution in [2.45, 2.75) is 26.4 Å². The third kappa shape index (κ3) is 6.80. The number of nitrogens with one attached hydrogen (secondary N) is 2. The van der Waals surface area contributed by atoms with E-state index in [0.717, 1.165) is 0 Å². The van der Waals surface area contributed by atoms with Gasteiger partial charge in [-0.15, -0.1) is 0 Å². The molecule has 8 heteroatoms. The van der Waals surface area contributed by atoms with Crippen molar-refractivity contribution in [3.05, 3.63) is 59.1 Å². The van der Waals surface area contributed by atoms with Crippen LogP contribution >= 0.6 is 11.6 Å². The Balaban J connectivity index is 1.89. The lowest BCUT2D eigenvalue weighted by molar-refractivity contribution is -0.161. The summed E-state index contributed by atoms with van der Waals surface area (Å²) in [6.07, 6.45) is 0. The third-order valence-corrected chi connectivity index (χ3v) is 4.01. The van der Waals surface area contributed by atoms with E-state index in [9.17, 15) is 14.4 Å². The maximum absolute atomic E-state index is 12.3. The fraction of sp³-hybridized carbons (Fsp3) is 0.286. The molecule has 29 heavy (non-hydrogen) atoms. The Kier molecular flexibility index (Phi) is 7.61. The summed E-state index contributed by atoms with van der Waals surface area (Å²) < 4.78 is 10.7. The van der Waals surface area contributed by atoms with Crippen LogP contribution in [0.5, 0.6) is 5.75 Å². The second-order valence-electron chi connectivity index (χ2n) is 6.63. The molecule has 0 aromatic heterocycles. The van der Waals surface area contributed by atoms with Crippen molar-refractivity contribution >= 4 is 35.1 Å². The van der Waals surface area contributed by atoms with Crippen molar-refractivity contribution in [1.29, 1.82) is 0 Å². The van der Waals surface area contributed by atoms with Crippen molar-refractivity contribution < 1.29 is 23.9 Å². The van der Waals surface area contributed by atoms with Crippen molar-refractivity contribution in [1.82, 2.24) is 5.32 Å². The van der Waals surface area contributed by atoms with E-state index in [-0.39, 0.29) is 5.91 Å². The van der Waals surface area contributed by atoms with E-state index in [1.54, 1.807) is 42.5 Å². The molecule has 2 rings (SSSR count). The minimum atomic E-state index is -1.30. The highest BCUT2D eigenvalue weighted by molar-refractivity contribution is 6.30. The van der Waals surface area contributed by atoms with Crippen LogP contribution in [0.1, 0.15) is 31.1 Å². The maximum atomic E-state index is 12.3. The summed E-state index contributed by atoms with van der Waals surface area (Å²) in [4.78, 5) is 36.3. The minimum absolute atomic E-state index is 0.240. The molecule has 0 spiro atoms. The molecule has 0 heterocycles. The van der Waals surface area contributed by atoms with Crippen molar-refractivity contribution in [2.24, 2.45) is 0 Å². The van der Waals surface area contributed by atoms with Gasteiger partial charge in [-0.3, -0.25) is 9.59 Å². The lowest BCUT2D eigenvalue weighted by atomic mass is 10.1. The molecular formula is C21H23ClN2O5. The van der Waals surface area contributed by atoms with E-state index in [4.69, 9.17) is 21.1 Å². The number of carbonyl (C=O) groups excluding carboxylic acids is 3. The fourth-order valence-corrected chi connectivity index (χ4v) is 2.47. The number of carbonyl (C=O) groups is 3. The molecule has 0 aliphatic heterocycles. The Morgan fingerprint density at radius 3 is 2.41 bits per heavy atom. The highest BCUT2D eigenvalue weighted by Crippen LogP contribution is 2.21. The molecule has 0 bridgehead atoms. The zero-order chi connectivity index (χ0) is 21.4. The molecule has 2 aromatic rings. The number of amides is 2. The summed E-state index contributed by atoms with van der Waals surface area (Å²) in [6, 6.07) is 13.0. The van der Waals surface area contributed by atoms with Gasteiger partial charge in [0.1, 0.15) is 5.75 Å². The molecule has 154 valence electrons. The second-order valence-corrected chi connectivity index (χ2v) is 7.07. The Morgan fingerprint density at radius 2 is 1.76 bits per heavy atom. The summed E-state index contributed by atoms with van der Waals surface area (Å²) in [7, 11) is 0. The van der Waals surface area contributed by atoms with Crippen LogP contribution in [0.4, 0.5) is 5.69 Å². The lowest BCUT2D eigenvalue weighted by Crippen LogP contribution is -2.41. The summed E-state index contributed by atoms with van der Waals surface area (Å²) >= 11 is 5.83. The number of ether oxygens (including phenoxy) is 2. The number of anilines is 1. The Morgan fingerprint density at radius 1 is 1.07 bits per heavy atom. The monoisotopic (exact) mass is 418 g/mol. The molecule has 0 atom stereocenters. The van der Waals surface area contributed by atoms with E-state index >= 15 is 0 Å². The van der Waals surface area contributed by atoms with Crippen LogP contribution in [0.3, 0.4) is 0 Å². The van der Waals surface area contributed by atoms with Gasteiger partial charge in [-0.05, 0) is 63.2 Å². The van der Waals surface area contributed by atoms with Gasteiger partial charge in [0.15, 0.2) is 12.2 Å². The SMILES string of the molecule is CCNC(=O)c1cccc(NC(=O)COC(=O)C(C)(C)Oc2ccc(Cl)cc2)c1. The Hall–Kier alpha value is -3.06. The van der Waals surface area contributed by atoms with Gasteiger partial charge in [0.05, 0.1) is 0 Å². The fourth-order valence-electron chi connectivity index (χ4n) is 2.34. The van der Waals surface area contributed by atoms with Crippen LogP contribution in [-0.4, -0.2) is 36.5 Å². The second kappa shape index (κ2) is 9.93. The first kappa shape index (κ1) is 22.2. The zero-order valence-corrected chi connectivity index (χ0v) is 17.2. The standard InChI is InChI=1S/C21H23ClN2O5/c1-4-23-19(26)14-6-5-7-16(12-14)24-18(25)13-28-20(27)21(2,3)29-17-10-8-15(22)9-11-17/h5-12H,4,13H2,1-3H3,(H,23,26)(H,24,25). The third-order valence-electron chi connectivity index (χ3n) is 3.76. The molecule has 2 N–H and O–H groups in total. The molecule has 7 nitrogen and oxygen atoms in total. The zero-order valence-electron chi connectivity index (χ0n) is 16.5. The Labute approximate surface area is 174 Å². The van der Waals surface area contributed by atoms with Crippen LogP contribution in [0.25, 0.3) is 0 Å². The highest BCUT2D eigenvalue weighted by atomic mass is 35.5. The van der Waals surface area contributed by atoms with Crippen LogP contribution in [-0.2, 0) is 14.3 Å². The van der Waals surface area contributed by atoms with Gasteiger partial charge in [0.2, 0.25) is 0 Å². The van der Waals surface area contributed by atoms with Crippen LogP contribution in [0.15, 0.2) is 48.5 Å². The first-order chi connectivity index (χ1) is 13.7. The molecule has 0 aliphatic carbocycles. The number of hydrogen-bond donors (Lipinski definition) is 2. The predicted molar refractivity (Wildman–Crippen MR) is 110 cm³/mol. The van der Waals surface area contributed by atoms with Gasteiger partial charge in [-0.2, -0.15) is 0 Å². The minimum Gasteiger partial charge on any atom is -0.476 e. The summed E-state index contributed by atoms with van der Waals surface area (Å²) in [5, 5.41) is 5.82. The van der Waals surface area contributed by atoms with Gasteiger partial charge in [-0.1, -0.05) is 17.7 Å². The predicted octanol–water partition coefficient (Wildman–Crippen LogP) is 3.43. The highest BCUT2D eigenvalue weighted by Gasteiger charge is 2.32. The van der Waals surface area contributed by atoms with Crippen molar-refractivity contribution in [2.75, 3.05) is 18.5 Å². The van der Waals surface area contributed by atoms with Crippen molar-refractivity contribution in [3.63, 3.8) is 0 Å². The maximum Gasteiger partial charge on any atom is 0.350 e. The number of benzene rings is 2. The summed E-state index contributed by atoms with van der Waals surface area (Å²) in [5.41, 5.74) is -0.461. The van der Waals surface area contributed by atoms with Gasteiger partial charge in [0, 0.05) is 22.8 Å². The summed E-state index contributed by atoms with van der Waals surface area (Å²) in [6.45, 7) is 4.90. The average Bonchev–Trinajstić information content (AvgIpc) is 2.68.